The summed E-state index contributed by atoms with van der Waals surface area (Å²) in [6.45, 7) is 4.18. The molecule has 0 radical (unpaired) electrons. The Hall–Kier alpha value is -2.67. The average molecular weight is 352 g/mol. The average Bonchev–Trinajstić information content (AvgIpc) is 3.17. The number of nitrogens with zero attached hydrogens (tertiary/aromatic N) is 5. The maximum atomic E-state index is 5.22. The van der Waals surface area contributed by atoms with Crippen LogP contribution in [-0.2, 0) is 6.54 Å². The van der Waals surface area contributed by atoms with E-state index in [9.17, 15) is 0 Å². The molecule has 0 aliphatic carbocycles. The highest BCUT2D eigenvalue weighted by atomic mass is 16.5. The minimum atomic E-state index is 0.659. The summed E-state index contributed by atoms with van der Waals surface area (Å²) in [6, 6.07) is 8.36. The summed E-state index contributed by atoms with van der Waals surface area (Å²) in [7, 11) is 1.70. The molecule has 4 rings (SSSR count). The highest BCUT2D eigenvalue weighted by Gasteiger charge is 2.19. The third kappa shape index (κ3) is 3.77. The molecule has 1 fully saturated rings. The van der Waals surface area contributed by atoms with Gasteiger partial charge in [0.05, 0.1) is 7.11 Å². The zero-order chi connectivity index (χ0) is 17.8. The minimum absolute atomic E-state index is 0.659. The molecule has 3 aromatic rings. The Bertz CT molecular complexity index is 839. The van der Waals surface area contributed by atoms with Gasteiger partial charge in [0.2, 0.25) is 5.65 Å². The summed E-state index contributed by atoms with van der Waals surface area (Å²) in [5, 5.41) is 11.5. The predicted molar refractivity (Wildman–Crippen MR) is 100 cm³/mol. The number of methoxy groups -OCH3 is 1. The quantitative estimate of drug-likeness (QED) is 0.735. The van der Waals surface area contributed by atoms with Gasteiger partial charge in [0, 0.05) is 25.5 Å². The first kappa shape index (κ1) is 16.8. The van der Waals surface area contributed by atoms with E-state index >= 15 is 0 Å². The van der Waals surface area contributed by atoms with Gasteiger partial charge in [0.15, 0.2) is 5.82 Å². The van der Waals surface area contributed by atoms with Crippen molar-refractivity contribution in [2.45, 2.75) is 19.4 Å². The number of hydrogen-bond donors (Lipinski definition) is 1. The van der Waals surface area contributed by atoms with Gasteiger partial charge >= 0.3 is 0 Å². The molecule has 1 saturated heterocycles. The summed E-state index contributed by atoms with van der Waals surface area (Å²) in [4.78, 5) is 6.92. The number of rotatable bonds is 6. The van der Waals surface area contributed by atoms with Crippen LogP contribution in [0.5, 0.6) is 5.75 Å². The molecule has 1 aliphatic heterocycles. The molecule has 3 heterocycles. The molecular formula is C19H24N6O. The van der Waals surface area contributed by atoms with Crippen molar-refractivity contribution in [3.63, 3.8) is 0 Å². The predicted octanol–water partition coefficient (Wildman–Crippen LogP) is 2.46. The van der Waals surface area contributed by atoms with E-state index in [1.165, 1.54) is 18.4 Å². The summed E-state index contributed by atoms with van der Waals surface area (Å²) in [6.07, 6.45) is 7.71. The Balaban J connectivity index is 1.26. The maximum Gasteiger partial charge on any atom is 0.203 e. The Morgan fingerprint density at radius 3 is 2.77 bits per heavy atom. The molecule has 2 aromatic heterocycles. The molecule has 0 amide bonds. The molecule has 7 heteroatoms. The molecule has 1 aliphatic rings. The van der Waals surface area contributed by atoms with Gasteiger partial charge in [-0.1, -0.05) is 12.1 Å². The van der Waals surface area contributed by atoms with E-state index in [-0.39, 0.29) is 0 Å². The van der Waals surface area contributed by atoms with E-state index < -0.39 is 0 Å². The van der Waals surface area contributed by atoms with Crippen molar-refractivity contribution in [1.82, 2.24) is 24.5 Å². The van der Waals surface area contributed by atoms with Crippen LogP contribution in [0.2, 0.25) is 0 Å². The number of likely N-dealkylation sites (tertiary alicyclic amines) is 1. The third-order valence-corrected chi connectivity index (χ3v) is 5.05. The lowest BCUT2D eigenvalue weighted by Crippen LogP contribution is -2.35. The lowest BCUT2D eigenvalue weighted by molar-refractivity contribution is 0.182. The van der Waals surface area contributed by atoms with E-state index in [4.69, 9.17) is 4.74 Å². The van der Waals surface area contributed by atoms with E-state index in [1.54, 1.807) is 19.6 Å². The first-order valence-electron chi connectivity index (χ1n) is 9.05. The van der Waals surface area contributed by atoms with Crippen LogP contribution in [0.15, 0.2) is 43.0 Å². The zero-order valence-corrected chi connectivity index (χ0v) is 15.0. The number of benzene rings is 1. The Morgan fingerprint density at radius 2 is 2.00 bits per heavy atom. The van der Waals surface area contributed by atoms with Crippen molar-refractivity contribution in [2.75, 3.05) is 32.1 Å². The molecule has 0 spiro atoms. The summed E-state index contributed by atoms with van der Waals surface area (Å²) >= 11 is 0. The monoisotopic (exact) mass is 352 g/mol. The van der Waals surface area contributed by atoms with Crippen molar-refractivity contribution in [3.05, 3.63) is 48.5 Å². The van der Waals surface area contributed by atoms with Crippen molar-refractivity contribution in [3.8, 4) is 5.75 Å². The summed E-state index contributed by atoms with van der Waals surface area (Å²) < 4.78 is 7.10. The van der Waals surface area contributed by atoms with Crippen LogP contribution in [0.25, 0.3) is 5.65 Å². The van der Waals surface area contributed by atoms with Gasteiger partial charge < -0.3 is 10.1 Å². The van der Waals surface area contributed by atoms with Gasteiger partial charge in [0.25, 0.3) is 0 Å². The molecule has 0 atom stereocenters. The second kappa shape index (κ2) is 7.70. The zero-order valence-electron chi connectivity index (χ0n) is 15.0. The van der Waals surface area contributed by atoms with E-state index in [0.717, 1.165) is 43.4 Å². The van der Waals surface area contributed by atoms with Gasteiger partial charge in [0.1, 0.15) is 12.1 Å². The van der Waals surface area contributed by atoms with Crippen LogP contribution in [0.1, 0.15) is 18.4 Å². The second-order valence-corrected chi connectivity index (χ2v) is 6.79. The molecule has 0 unspecified atom stereocenters. The van der Waals surface area contributed by atoms with E-state index in [0.29, 0.717) is 5.92 Å². The molecule has 26 heavy (non-hydrogen) atoms. The minimum Gasteiger partial charge on any atom is -0.497 e. The Kier molecular flexibility index (Phi) is 4.97. The molecule has 7 nitrogen and oxygen atoms in total. The standard InChI is InChI=1S/C19H24N6O/c1-26-17-4-2-16(3-5-17)13-24-9-6-15(7-10-24)12-21-18-19-23-22-14-25(19)11-8-20-18/h2-5,8,11,14-15H,6-7,9-10,12-13H2,1H3,(H,20,21). The fraction of sp³-hybridized carbons (Fsp3) is 0.421. The van der Waals surface area contributed by atoms with Gasteiger partial charge in [-0.3, -0.25) is 9.30 Å². The van der Waals surface area contributed by atoms with Crippen LogP contribution < -0.4 is 10.1 Å². The highest BCUT2D eigenvalue weighted by Crippen LogP contribution is 2.21. The summed E-state index contributed by atoms with van der Waals surface area (Å²) in [5.74, 6) is 2.38. The summed E-state index contributed by atoms with van der Waals surface area (Å²) in [5.41, 5.74) is 2.12. The van der Waals surface area contributed by atoms with Gasteiger partial charge in [-0.25, -0.2) is 4.98 Å². The molecule has 1 aromatic carbocycles. The van der Waals surface area contributed by atoms with Gasteiger partial charge in [-0.15, -0.1) is 10.2 Å². The lowest BCUT2D eigenvalue weighted by atomic mass is 9.96. The first-order chi connectivity index (χ1) is 12.8. The highest BCUT2D eigenvalue weighted by molar-refractivity contribution is 5.61. The fourth-order valence-corrected chi connectivity index (χ4v) is 3.46. The number of fused-ring (bicyclic) bond motifs is 1. The smallest absolute Gasteiger partial charge is 0.203 e. The lowest BCUT2D eigenvalue weighted by Gasteiger charge is -2.32. The number of anilines is 1. The van der Waals surface area contributed by atoms with Crippen LogP contribution in [-0.4, -0.2) is 51.2 Å². The number of piperidine rings is 1. The van der Waals surface area contributed by atoms with Gasteiger partial charge in [-0.2, -0.15) is 0 Å². The van der Waals surface area contributed by atoms with Crippen molar-refractivity contribution < 1.29 is 4.74 Å². The van der Waals surface area contributed by atoms with Crippen molar-refractivity contribution in [1.29, 1.82) is 0 Å². The van der Waals surface area contributed by atoms with Crippen molar-refractivity contribution in [2.24, 2.45) is 5.92 Å². The van der Waals surface area contributed by atoms with Crippen LogP contribution in [0, 0.1) is 5.92 Å². The molecule has 136 valence electrons. The largest absolute Gasteiger partial charge is 0.497 e. The molecular weight excluding hydrogens is 328 g/mol. The van der Waals surface area contributed by atoms with Crippen LogP contribution in [0.4, 0.5) is 5.82 Å². The first-order valence-corrected chi connectivity index (χ1v) is 9.05. The third-order valence-electron chi connectivity index (χ3n) is 5.05. The number of ether oxygens (including phenoxy) is 1. The van der Waals surface area contributed by atoms with Gasteiger partial charge in [-0.05, 0) is 49.5 Å². The molecule has 1 N–H and O–H groups in total. The second-order valence-electron chi connectivity index (χ2n) is 6.79. The Morgan fingerprint density at radius 1 is 1.19 bits per heavy atom. The molecule has 0 saturated carbocycles. The van der Waals surface area contributed by atoms with Crippen LogP contribution >= 0.6 is 0 Å². The Labute approximate surface area is 153 Å². The maximum absolute atomic E-state index is 5.22. The molecule has 0 bridgehead atoms. The SMILES string of the molecule is COc1ccc(CN2CCC(CNc3nccn4cnnc34)CC2)cc1. The van der Waals surface area contributed by atoms with Crippen LogP contribution in [0.3, 0.4) is 0 Å². The van der Waals surface area contributed by atoms with E-state index in [2.05, 4.69) is 37.5 Å². The topological polar surface area (TPSA) is 67.6 Å². The number of hydrogen-bond acceptors (Lipinski definition) is 6. The van der Waals surface area contributed by atoms with E-state index in [1.807, 2.05) is 22.7 Å². The normalized spacial score (nSPS) is 16.0. The number of nitrogens with one attached hydrogen (secondary N) is 1. The number of aromatic nitrogens is 4. The fourth-order valence-electron chi connectivity index (χ4n) is 3.46. The van der Waals surface area contributed by atoms with Crippen molar-refractivity contribution >= 4 is 11.5 Å².